The van der Waals surface area contributed by atoms with Crippen LogP contribution in [0, 0.1) is 22.7 Å². The van der Waals surface area contributed by atoms with Gasteiger partial charge >= 0.3 is 0 Å². The van der Waals surface area contributed by atoms with Gasteiger partial charge in [-0.05, 0) is 36.6 Å². The lowest BCUT2D eigenvalue weighted by Crippen LogP contribution is -2.03. The van der Waals surface area contributed by atoms with Gasteiger partial charge in [0.2, 0.25) is 0 Å². The van der Waals surface area contributed by atoms with Crippen molar-refractivity contribution in [3.8, 4) is 12.1 Å². The number of benzene rings is 1. The van der Waals surface area contributed by atoms with Gasteiger partial charge in [0.1, 0.15) is 0 Å². The molecule has 1 aliphatic carbocycles. The second-order valence-electron chi connectivity index (χ2n) is 3.50. The van der Waals surface area contributed by atoms with E-state index in [0.29, 0.717) is 5.56 Å². The molecule has 0 aliphatic heterocycles. The molecule has 14 heavy (non-hydrogen) atoms. The van der Waals surface area contributed by atoms with Crippen LogP contribution in [0.3, 0.4) is 0 Å². The third-order valence-corrected chi connectivity index (χ3v) is 3.27. The molecule has 0 bridgehead atoms. The number of nitriles is 2. The molecular weight excluding hydrogens is 240 g/mol. The largest absolute Gasteiger partial charge is 0.197 e. The Hall–Kier alpha value is -1.32. The van der Waals surface area contributed by atoms with Crippen molar-refractivity contribution in [1.82, 2.24) is 0 Å². The van der Waals surface area contributed by atoms with Gasteiger partial charge in [0.25, 0.3) is 0 Å². The molecule has 0 N–H and O–H groups in total. The lowest BCUT2D eigenvalue weighted by atomic mass is 9.96. The van der Waals surface area contributed by atoms with Crippen LogP contribution in [0.2, 0.25) is 0 Å². The highest BCUT2D eigenvalue weighted by atomic mass is 79.9. The van der Waals surface area contributed by atoms with Gasteiger partial charge in [-0.15, -0.1) is 0 Å². The van der Waals surface area contributed by atoms with Crippen LogP contribution in [0.1, 0.15) is 24.0 Å². The Balaban J connectivity index is 2.54. The molecule has 0 aromatic heterocycles. The minimum atomic E-state index is -0.328. The molecule has 2 rings (SSSR count). The fraction of sp³-hybridized carbons (Fsp3) is 0.273. The van der Waals surface area contributed by atoms with Gasteiger partial charge in [0.15, 0.2) is 0 Å². The summed E-state index contributed by atoms with van der Waals surface area (Å²) in [5.74, 6) is 0. The summed E-state index contributed by atoms with van der Waals surface area (Å²) in [6.45, 7) is 0. The Morgan fingerprint density at radius 1 is 1.29 bits per heavy atom. The van der Waals surface area contributed by atoms with Gasteiger partial charge in [-0.1, -0.05) is 15.9 Å². The SMILES string of the molecule is N#Cc1ccc(Br)c(C2(C#N)CC2)c1. The van der Waals surface area contributed by atoms with E-state index >= 15 is 0 Å². The molecule has 68 valence electrons. The number of rotatable bonds is 1. The molecule has 0 heterocycles. The zero-order valence-electron chi connectivity index (χ0n) is 7.42. The van der Waals surface area contributed by atoms with E-state index in [4.69, 9.17) is 10.5 Å². The maximum atomic E-state index is 9.04. The summed E-state index contributed by atoms with van der Waals surface area (Å²) >= 11 is 3.42. The van der Waals surface area contributed by atoms with Crippen LogP contribution in [0.15, 0.2) is 22.7 Å². The minimum absolute atomic E-state index is 0.328. The zero-order valence-corrected chi connectivity index (χ0v) is 9.00. The number of nitrogens with zero attached hydrogens (tertiary/aromatic N) is 2. The molecule has 1 saturated carbocycles. The van der Waals surface area contributed by atoms with Crippen molar-refractivity contribution in [2.24, 2.45) is 0 Å². The Morgan fingerprint density at radius 3 is 2.50 bits per heavy atom. The summed E-state index contributed by atoms with van der Waals surface area (Å²) in [7, 11) is 0. The van der Waals surface area contributed by atoms with E-state index in [-0.39, 0.29) is 5.41 Å². The van der Waals surface area contributed by atoms with Crippen LogP contribution in [0.5, 0.6) is 0 Å². The van der Waals surface area contributed by atoms with Crippen LogP contribution < -0.4 is 0 Å². The lowest BCUT2D eigenvalue weighted by Gasteiger charge is -2.08. The van der Waals surface area contributed by atoms with Crippen molar-refractivity contribution >= 4 is 15.9 Å². The fourth-order valence-electron chi connectivity index (χ4n) is 1.53. The maximum absolute atomic E-state index is 9.04. The van der Waals surface area contributed by atoms with E-state index in [2.05, 4.69) is 28.1 Å². The van der Waals surface area contributed by atoms with E-state index < -0.39 is 0 Å². The highest BCUT2D eigenvalue weighted by Crippen LogP contribution is 2.50. The first-order chi connectivity index (χ1) is 6.72. The fourth-order valence-corrected chi connectivity index (χ4v) is 2.15. The first-order valence-electron chi connectivity index (χ1n) is 4.33. The van der Waals surface area contributed by atoms with Crippen molar-refractivity contribution in [2.45, 2.75) is 18.3 Å². The Kier molecular flexibility index (Phi) is 2.06. The van der Waals surface area contributed by atoms with Crippen LogP contribution >= 0.6 is 15.9 Å². The van der Waals surface area contributed by atoms with Gasteiger partial charge in [-0.2, -0.15) is 10.5 Å². The Labute approximate surface area is 90.9 Å². The third kappa shape index (κ3) is 1.31. The van der Waals surface area contributed by atoms with Crippen molar-refractivity contribution in [3.63, 3.8) is 0 Å². The second kappa shape index (κ2) is 3.12. The summed E-state index contributed by atoms with van der Waals surface area (Å²) in [6, 6.07) is 9.81. The molecule has 0 saturated heterocycles. The molecule has 0 unspecified atom stereocenters. The van der Waals surface area contributed by atoms with Crippen LogP contribution in [0.4, 0.5) is 0 Å². The van der Waals surface area contributed by atoms with Crippen molar-refractivity contribution in [1.29, 1.82) is 10.5 Å². The Bertz CT molecular complexity index is 461. The predicted octanol–water partition coefficient (Wildman–Crippen LogP) is 2.88. The highest BCUT2D eigenvalue weighted by molar-refractivity contribution is 9.10. The summed E-state index contributed by atoms with van der Waals surface area (Å²) in [5.41, 5.74) is 1.25. The lowest BCUT2D eigenvalue weighted by molar-refractivity contribution is 0.900. The standard InChI is InChI=1S/C11H7BrN2/c12-10-2-1-8(6-13)5-9(10)11(7-14)3-4-11/h1-2,5H,3-4H2. The molecule has 0 amide bonds. The molecule has 1 fully saturated rings. The molecule has 1 aromatic rings. The minimum Gasteiger partial charge on any atom is -0.197 e. The van der Waals surface area contributed by atoms with E-state index in [1.54, 1.807) is 12.1 Å². The van der Waals surface area contributed by atoms with Crippen LogP contribution in [-0.2, 0) is 5.41 Å². The normalized spacial score (nSPS) is 16.8. The highest BCUT2D eigenvalue weighted by Gasteiger charge is 2.46. The van der Waals surface area contributed by atoms with Gasteiger partial charge in [0.05, 0.1) is 23.1 Å². The molecule has 0 spiro atoms. The van der Waals surface area contributed by atoms with Gasteiger partial charge in [0, 0.05) is 4.47 Å². The first kappa shape index (κ1) is 9.24. The molecule has 1 aromatic carbocycles. The van der Waals surface area contributed by atoms with Crippen molar-refractivity contribution < 1.29 is 0 Å². The third-order valence-electron chi connectivity index (χ3n) is 2.58. The van der Waals surface area contributed by atoms with E-state index in [1.165, 1.54) is 0 Å². The van der Waals surface area contributed by atoms with Crippen LogP contribution in [0.25, 0.3) is 0 Å². The number of hydrogen-bond acceptors (Lipinski definition) is 2. The molecule has 2 nitrogen and oxygen atoms in total. The molecular formula is C11H7BrN2. The zero-order chi connectivity index (χ0) is 10.2. The predicted molar refractivity (Wildman–Crippen MR) is 55.4 cm³/mol. The molecule has 1 aliphatic rings. The van der Waals surface area contributed by atoms with E-state index in [0.717, 1.165) is 22.9 Å². The second-order valence-corrected chi connectivity index (χ2v) is 4.35. The maximum Gasteiger partial charge on any atom is 0.0991 e. The summed E-state index contributed by atoms with van der Waals surface area (Å²) in [5, 5.41) is 17.8. The van der Waals surface area contributed by atoms with Crippen molar-refractivity contribution in [2.75, 3.05) is 0 Å². The summed E-state index contributed by atoms with van der Waals surface area (Å²) < 4.78 is 0.926. The quantitative estimate of drug-likeness (QED) is 0.765. The van der Waals surface area contributed by atoms with Gasteiger partial charge in [-0.3, -0.25) is 0 Å². The van der Waals surface area contributed by atoms with E-state index in [9.17, 15) is 0 Å². The molecule has 3 heteroatoms. The summed E-state index contributed by atoms with van der Waals surface area (Å²) in [6.07, 6.45) is 1.80. The molecule has 0 atom stereocenters. The average Bonchev–Trinajstić information content (AvgIpc) is 2.99. The smallest absolute Gasteiger partial charge is 0.0991 e. The molecule has 0 radical (unpaired) electrons. The van der Waals surface area contributed by atoms with Gasteiger partial charge < -0.3 is 0 Å². The van der Waals surface area contributed by atoms with Crippen LogP contribution in [-0.4, -0.2) is 0 Å². The number of hydrogen-bond donors (Lipinski definition) is 0. The summed E-state index contributed by atoms with van der Waals surface area (Å²) in [4.78, 5) is 0. The monoisotopic (exact) mass is 246 g/mol. The topological polar surface area (TPSA) is 47.6 Å². The van der Waals surface area contributed by atoms with E-state index in [1.807, 2.05) is 6.07 Å². The van der Waals surface area contributed by atoms with Gasteiger partial charge in [-0.25, -0.2) is 0 Å². The average molecular weight is 247 g/mol. The van der Waals surface area contributed by atoms with Crippen molar-refractivity contribution in [3.05, 3.63) is 33.8 Å². The first-order valence-corrected chi connectivity index (χ1v) is 5.12. The Morgan fingerprint density at radius 2 is 2.00 bits per heavy atom. The number of halogens is 1.